The lowest BCUT2D eigenvalue weighted by Gasteiger charge is -2.26. The second-order valence-electron chi connectivity index (χ2n) is 8.62. The van der Waals surface area contributed by atoms with E-state index in [4.69, 9.17) is 9.84 Å². The number of hydrogen-bond donors (Lipinski definition) is 2. The van der Waals surface area contributed by atoms with Crippen molar-refractivity contribution in [2.45, 2.75) is 88.9 Å². The summed E-state index contributed by atoms with van der Waals surface area (Å²) in [5.74, 6) is 3.01. The zero-order chi connectivity index (χ0) is 19.1. The number of carbonyl (C=O) groups is 1. The van der Waals surface area contributed by atoms with Crippen LogP contribution in [0.2, 0.25) is 0 Å². The van der Waals surface area contributed by atoms with Crippen molar-refractivity contribution in [2.75, 3.05) is 11.5 Å². The summed E-state index contributed by atoms with van der Waals surface area (Å²) in [6, 6.07) is 0. The van der Waals surface area contributed by atoms with Crippen molar-refractivity contribution >= 4 is 17.7 Å². The molecule has 3 aliphatic rings. The number of carboxylic acid groups (broad SMARTS) is 1. The van der Waals surface area contributed by atoms with Crippen LogP contribution in [0.3, 0.4) is 0 Å². The molecule has 2 aliphatic heterocycles. The Morgan fingerprint density at radius 2 is 1.89 bits per heavy atom. The van der Waals surface area contributed by atoms with Crippen molar-refractivity contribution in [3.05, 3.63) is 12.2 Å². The summed E-state index contributed by atoms with van der Waals surface area (Å²) >= 11 is 1.87. The Morgan fingerprint density at radius 3 is 2.67 bits per heavy atom. The summed E-state index contributed by atoms with van der Waals surface area (Å²) < 4.78 is 6.17. The van der Waals surface area contributed by atoms with Crippen molar-refractivity contribution in [1.82, 2.24) is 0 Å². The molecule has 2 bridgehead atoms. The quantitative estimate of drug-likeness (QED) is 0.393. The van der Waals surface area contributed by atoms with Gasteiger partial charge in [0.15, 0.2) is 0 Å². The highest BCUT2D eigenvalue weighted by molar-refractivity contribution is 7.99. The van der Waals surface area contributed by atoms with E-state index in [1.807, 2.05) is 11.8 Å². The highest BCUT2D eigenvalue weighted by atomic mass is 32.2. The first-order valence-electron chi connectivity index (χ1n) is 10.9. The molecule has 5 heteroatoms. The van der Waals surface area contributed by atoms with Gasteiger partial charge in [0, 0.05) is 12.3 Å². The summed E-state index contributed by atoms with van der Waals surface area (Å²) in [6.45, 7) is 0. The molecule has 0 radical (unpaired) electrons. The number of hydrogen-bond acceptors (Lipinski definition) is 4. The number of carboxylic acids is 1. The fourth-order valence-electron chi connectivity index (χ4n) is 5.20. The summed E-state index contributed by atoms with van der Waals surface area (Å²) in [5.41, 5.74) is 0. The number of fused-ring (bicyclic) bond motifs is 2. The Hall–Kier alpha value is -0.520. The molecule has 0 spiro atoms. The Bertz CT molecular complexity index is 489. The first-order valence-corrected chi connectivity index (χ1v) is 12.1. The molecule has 1 aliphatic carbocycles. The van der Waals surface area contributed by atoms with Gasteiger partial charge >= 0.3 is 5.97 Å². The van der Waals surface area contributed by atoms with Gasteiger partial charge in [-0.05, 0) is 55.4 Å². The second kappa shape index (κ2) is 10.9. The van der Waals surface area contributed by atoms with Crippen molar-refractivity contribution in [3.8, 4) is 0 Å². The van der Waals surface area contributed by atoms with Crippen molar-refractivity contribution < 1.29 is 19.7 Å². The maximum absolute atomic E-state index is 10.6. The van der Waals surface area contributed by atoms with Crippen LogP contribution in [-0.2, 0) is 9.53 Å². The van der Waals surface area contributed by atoms with Crippen LogP contribution in [0.15, 0.2) is 12.2 Å². The third kappa shape index (κ3) is 6.50. The van der Waals surface area contributed by atoms with E-state index in [9.17, 15) is 9.90 Å². The van der Waals surface area contributed by atoms with Gasteiger partial charge in [-0.2, -0.15) is 11.8 Å². The van der Waals surface area contributed by atoms with E-state index in [1.165, 1.54) is 38.5 Å². The van der Waals surface area contributed by atoms with E-state index < -0.39 is 5.97 Å². The van der Waals surface area contributed by atoms with Crippen molar-refractivity contribution in [3.63, 3.8) is 0 Å². The largest absolute Gasteiger partial charge is 0.481 e. The van der Waals surface area contributed by atoms with Crippen LogP contribution in [0.4, 0.5) is 0 Å². The van der Waals surface area contributed by atoms with E-state index >= 15 is 0 Å². The van der Waals surface area contributed by atoms with E-state index in [-0.39, 0.29) is 12.5 Å². The smallest absolute Gasteiger partial charge is 0.303 e. The lowest BCUT2D eigenvalue weighted by molar-refractivity contribution is -0.137. The first kappa shape index (κ1) is 21.2. The second-order valence-corrected chi connectivity index (χ2v) is 9.85. The molecule has 3 rings (SSSR count). The fourth-order valence-corrected chi connectivity index (χ4v) is 6.19. The number of aliphatic hydroxyl groups excluding tert-OH is 1. The van der Waals surface area contributed by atoms with Crippen LogP contribution in [-0.4, -0.2) is 46.0 Å². The van der Waals surface area contributed by atoms with Gasteiger partial charge in [0.1, 0.15) is 0 Å². The molecule has 0 aromatic rings. The molecule has 0 amide bonds. The highest BCUT2D eigenvalue weighted by Gasteiger charge is 2.47. The van der Waals surface area contributed by atoms with Gasteiger partial charge in [0.2, 0.25) is 0 Å². The molecule has 154 valence electrons. The molecule has 0 aromatic carbocycles. The Labute approximate surface area is 168 Å². The summed E-state index contributed by atoms with van der Waals surface area (Å²) in [7, 11) is 0. The minimum atomic E-state index is -0.700. The maximum Gasteiger partial charge on any atom is 0.303 e. The minimum Gasteiger partial charge on any atom is -0.481 e. The van der Waals surface area contributed by atoms with Crippen LogP contribution >= 0.6 is 11.8 Å². The van der Waals surface area contributed by atoms with E-state index in [1.54, 1.807) is 0 Å². The van der Waals surface area contributed by atoms with E-state index in [0.29, 0.717) is 30.0 Å². The standard InChI is InChI=1S/C22H36O4S/c23-17(15-16-5-2-1-3-6-16)8-9-18-19(21-11-10-20(18)26-21)12-14-27-13-4-7-22(24)25/h8-9,16-21,23H,1-7,10-15H2,(H,24,25)/b9-8+/t17?,18-,19+,20-,21+/m1/s1. The van der Waals surface area contributed by atoms with Crippen LogP contribution in [0.1, 0.15) is 70.6 Å². The predicted molar refractivity (Wildman–Crippen MR) is 110 cm³/mol. The molecular formula is C22H36O4S. The average molecular weight is 397 g/mol. The molecule has 2 heterocycles. The Morgan fingerprint density at radius 1 is 1.11 bits per heavy atom. The Kier molecular flexibility index (Phi) is 8.53. The van der Waals surface area contributed by atoms with Gasteiger partial charge in [-0.25, -0.2) is 0 Å². The Balaban J connectivity index is 1.41. The van der Waals surface area contributed by atoms with Gasteiger partial charge in [-0.15, -0.1) is 0 Å². The van der Waals surface area contributed by atoms with Gasteiger partial charge in [-0.1, -0.05) is 44.3 Å². The molecule has 2 saturated heterocycles. The molecule has 0 aromatic heterocycles. The predicted octanol–water partition coefficient (Wildman–Crippen LogP) is 4.66. The average Bonchev–Trinajstić information content (AvgIpc) is 3.25. The molecular weight excluding hydrogens is 360 g/mol. The minimum absolute atomic E-state index is 0.272. The summed E-state index contributed by atoms with van der Waals surface area (Å²) in [6.07, 6.45) is 16.7. The van der Waals surface area contributed by atoms with Crippen LogP contribution in [0.5, 0.6) is 0 Å². The van der Waals surface area contributed by atoms with Gasteiger partial charge in [0.05, 0.1) is 18.3 Å². The van der Waals surface area contributed by atoms with Crippen LogP contribution < -0.4 is 0 Å². The third-order valence-corrected chi connectivity index (χ3v) is 7.72. The number of aliphatic carboxylic acids is 1. The maximum atomic E-state index is 10.6. The zero-order valence-electron chi connectivity index (χ0n) is 16.4. The van der Waals surface area contributed by atoms with Gasteiger partial charge in [-0.3, -0.25) is 4.79 Å². The molecule has 1 unspecified atom stereocenters. The topological polar surface area (TPSA) is 66.8 Å². The SMILES string of the molecule is O=C(O)CCCSCC[C@H]1[C@@H](/C=C/C(O)CC2CCCCC2)[C@H]2CC[C@@H]1O2. The molecule has 1 saturated carbocycles. The summed E-state index contributed by atoms with van der Waals surface area (Å²) in [4.78, 5) is 10.6. The fraction of sp³-hybridized carbons (Fsp3) is 0.864. The number of rotatable bonds is 11. The van der Waals surface area contributed by atoms with Crippen molar-refractivity contribution in [2.24, 2.45) is 17.8 Å². The lowest BCUT2D eigenvalue weighted by atomic mass is 9.77. The van der Waals surface area contributed by atoms with Crippen molar-refractivity contribution in [1.29, 1.82) is 0 Å². The monoisotopic (exact) mass is 396 g/mol. The summed E-state index contributed by atoms with van der Waals surface area (Å²) in [5, 5.41) is 19.2. The van der Waals surface area contributed by atoms with Crippen LogP contribution in [0.25, 0.3) is 0 Å². The molecule has 27 heavy (non-hydrogen) atoms. The highest BCUT2D eigenvalue weighted by Crippen LogP contribution is 2.46. The lowest BCUT2D eigenvalue weighted by Crippen LogP contribution is -2.26. The molecule has 3 fully saturated rings. The first-order chi connectivity index (χ1) is 13.1. The number of aliphatic hydroxyl groups is 1. The molecule has 5 atom stereocenters. The third-order valence-electron chi connectivity index (χ3n) is 6.62. The zero-order valence-corrected chi connectivity index (χ0v) is 17.2. The van der Waals surface area contributed by atoms with Gasteiger partial charge in [0.25, 0.3) is 0 Å². The van der Waals surface area contributed by atoms with Crippen LogP contribution in [0, 0.1) is 17.8 Å². The van der Waals surface area contributed by atoms with E-state index in [0.717, 1.165) is 37.2 Å². The van der Waals surface area contributed by atoms with Gasteiger partial charge < -0.3 is 14.9 Å². The molecule has 2 N–H and O–H groups in total. The van der Waals surface area contributed by atoms with E-state index in [2.05, 4.69) is 12.2 Å². The number of ether oxygens (including phenoxy) is 1. The number of thioether (sulfide) groups is 1. The normalized spacial score (nSPS) is 32.3. The molecule has 4 nitrogen and oxygen atoms in total.